The predicted molar refractivity (Wildman–Crippen MR) is 79.5 cm³/mol. The van der Waals surface area contributed by atoms with E-state index in [9.17, 15) is 0 Å². The molecule has 106 valence electrons. The minimum absolute atomic E-state index is 0.840. The Morgan fingerprint density at radius 1 is 1.21 bits per heavy atom. The first kappa shape index (κ1) is 14.1. The van der Waals surface area contributed by atoms with E-state index in [4.69, 9.17) is 0 Å². The number of aromatic nitrogens is 2. The zero-order valence-corrected chi connectivity index (χ0v) is 12.0. The van der Waals surface area contributed by atoms with E-state index in [1.54, 1.807) is 12.4 Å². The molecule has 0 bridgehead atoms. The number of likely N-dealkylation sites (tertiary alicyclic amines) is 1. The molecule has 2 N–H and O–H groups in total. The van der Waals surface area contributed by atoms with Crippen LogP contribution >= 0.6 is 0 Å². The summed E-state index contributed by atoms with van der Waals surface area (Å²) in [5.74, 6) is 2.56. The van der Waals surface area contributed by atoms with Gasteiger partial charge >= 0.3 is 0 Å². The van der Waals surface area contributed by atoms with Crippen LogP contribution in [0.3, 0.4) is 0 Å². The van der Waals surface area contributed by atoms with Gasteiger partial charge < -0.3 is 15.5 Å². The molecule has 19 heavy (non-hydrogen) atoms. The van der Waals surface area contributed by atoms with E-state index in [-0.39, 0.29) is 0 Å². The number of hydrogen-bond donors (Lipinski definition) is 2. The van der Waals surface area contributed by atoms with Gasteiger partial charge in [0, 0.05) is 13.1 Å². The van der Waals surface area contributed by atoms with E-state index in [0.29, 0.717) is 0 Å². The van der Waals surface area contributed by atoms with Gasteiger partial charge in [-0.15, -0.1) is 0 Å². The molecule has 1 aliphatic heterocycles. The SMILES string of the molecule is CCNc1cncc(NCCC2CCN(C)CC2)n1. The summed E-state index contributed by atoms with van der Waals surface area (Å²) in [5.41, 5.74) is 0. The number of rotatable bonds is 6. The average molecular weight is 263 g/mol. The van der Waals surface area contributed by atoms with E-state index in [0.717, 1.165) is 30.6 Å². The third kappa shape index (κ3) is 4.67. The van der Waals surface area contributed by atoms with Crippen LogP contribution in [0.1, 0.15) is 26.2 Å². The van der Waals surface area contributed by atoms with E-state index in [1.807, 2.05) is 0 Å². The van der Waals surface area contributed by atoms with Gasteiger partial charge in [0.2, 0.25) is 0 Å². The fourth-order valence-corrected chi connectivity index (χ4v) is 2.47. The lowest BCUT2D eigenvalue weighted by Crippen LogP contribution is -2.30. The normalized spacial score (nSPS) is 17.4. The first-order chi connectivity index (χ1) is 9.28. The van der Waals surface area contributed by atoms with Crippen molar-refractivity contribution in [1.29, 1.82) is 0 Å². The molecule has 0 aromatic carbocycles. The minimum atomic E-state index is 0.840. The minimum Gasteiger partial charge on any atom is -0.369 e. The van der Waals surface area contributed by atoms with Crippen LogP contribution in [0, 0.1) is 5.92 Å². The van der Waals surface area contributed by atoms with Gasteiger partial charge in [-0.1, -0.05) is 0 Å². The molecule has 0 amide bonds. The fourth-order valence-electron chi connectivity index (χ4n) is 2.47. The van der Waals surface area contributed by atoms with Crippen LogP contribution in [0.25, 0.3) is 0 Å². The zero-order chi connectivity index (χ0) is 13.5. The number of nitrogens with one attached hydrogen (secondary N) is 2. The molecule has 0 aliphatic carbocycles. The maximum Gasteiger partial charge on any atom is 0.146 e. The van der Waals surface area contributed by atoms with Gasteiger partial charge in [0.1, 0.15) is 11.6 Å². The Kier molecular flexibility index (Phi) is 5.39. The third-order valence-electron chi connectivity index (χ3n) is 3.69. The lowest BCUT2D eigenvalue weighted by atomic mass is 9.94. The summed E-state index contributed by atoms with van der Waals surface area (Å²) in [6.45, 7) is 6.38. The molecule has 0 radical (unpaired) electrons. The standard InChI is InChI=1S/C14H25N5/c1-3-16-13-10-15-11-14(18-13)17-7-4-12-5-8-19(2)9-6-12/h10-12H,3-9H2,1-2H3,(H2,16,17,18). The topological polar surface area (TPSA) is 53.1 Å². The van der Waals surface area contributed by atoms with Gasteiger partial charge in [-0.2, -0.15) is 0 Å². The number of anilines is 2. The third-order valence-corrected chi connectivity index (χ3v) is 3.69. The molecule has 0 atom stereocenters. The van der Waals surface area contributed by atoms with E-state index in [1.165, 1.54) is 32.4 Å². The number of piperidine rings is 1. The molecule has 0 spiro atoms. The quantitative estimate of drug-likeness (QED) is 0.822. The highest BCUT2D eigenvalue weighted by molar-refractivity contribution is 5.41. The second-order valence-electron chi connectivity index (χ2n) is 5.28. The highest BCUT2D eigenvalue weighted by atomic mass is 15.1. The summed E-state index contributed by atoms with van der Waals surface area (Å²) in [6.07, 6.45) is 7.41. The van der Waals surface area contributed by atoms with Crippen molar-refractivity contribution in [3.05, 3.63) is 12.4 Å². The lowest BCUT2D eigenvalue weighted by molar-refractivity contribution is 0.215. The maximum atomic E-state index is 4.46. The molecule has 5 nitrogen and oxygen atoms in total. The first-order valence-electron chi connectivity index (χ1n) is 7.26. The molecule has 5 heteroatoms. The second kappa shape index (κ2) is 7.28. The van der Waals surface area contributed by atoms with Gasteiger partial charge in [0.05, 0.1) is 12.4 Å². The first-order valence-corrected chi connectivity index (χ1v) is 7.26. The Labute approximate surface area is 115 Å². The Balaban J connectivity index is 1.71. The summed E-state index contributed by atoms with van der Waals surface area (Å²) in [5, 5.41) is 6.55. The summed E-state index contributed by atoms with van der Waals surface area (Å²) in [4.78, 5) is 11.1. The van der Waals surface area contributed by atoms with Crippen molar-refractivity contribution < 1.29 is 0 Å². The predicted octanol–water partition coefficient (Wildman–Crippen LogP) is 2.05. The van der Waals surface area contributed by atoms with Crippen molar-refractivity contribution in [3.63, 3.8) is 0 Å². The molecule has 1 aromatic rings. The van der Waals surface area contributed by atoms with Gasteiger partial charge in [0.15, 0.2) is 0 Å². The van der Waals surface area contributed by atoms with Crippen LogP contribution in [0.15, 0.2) is 12.4 Å². The summed E-state index contributed by atoms with van der Waals surface area (Å²) < 4.78 is 0. The molecule has 1 fully saturated rings. The molecule has 1 saturated heterocycles. The van der Waals surface area contributed by atoms with Crippen molar-refractivity contribution in [3.8, 4) is 0 Å². The molecule has 0 unspecified atom stereocenters. The average Bonchev–Trinajstić information content (AvgIpc) is 2.42. The van der Waals surface area contributed by atoms with Crippen molar-refractivity contribution in [2.75, 3.05) is 43.9 Å². The van der Waals surface area contributed by atoms with Crippen LogP contribution in [-0.4, -0.2) is 48.1 Å². The molecule has 0 saturated carbocycles. The van der Waals surface area contributed by atoms with Gasteiger partial charge in [-0.3, -0.25) is 4.98 Å². The van der Waals surface area contributed by atoms with Crippen LogP contribution in [-0.2, 0) is 0 Å². The molecule has 1 aliphatic rings. The number of hydrogen-bond acceptors (Lipinski definition) is 5. The monoisotopic (exact) mass is 263 g/mol. The number of nitrogens with zero attached hydrogens (tertiary/aromatic N) is 3. The van der Waals surface area contributed by atoms with E-state index < -0.39 is 0 Å². The largest absolute Gasteiger partial charge is 0.369 e. The van der Waals surface area contributed by atoms with Crippen LogP contribution in [0.5, 0.6) is 0 Å². The summed E-state index contributed by atoms with van der Waals surface area (Å²) in [6, 6.07) is 0. The van der Waals surface area contributed by atoms with Gasteiger partial charge in [-0.25, -0.2) is 4.98 Å². The van der Waals surface area contributed by atoms with Gasteiger partial charge in [-0.05, 0) is 52.2 Å². The Bertz CT molecular complexity index is 374. The molecule has 1 aromatic heterocycles. The lowest BCUT2D eigenvalue weighted by Gasteiger charge is -2.28. The summed E-state index contributed by atoms with van der Waals surface area (Å²) >= 11 is 0. The smallest absolute Gasteiger partial charge is 0.146 e. The van der Waals surface area contributed by atoms with Gasteiger partial charge in [0.25, 0.3) is 0 Å². The summed E-state index contributed by atoms with van der Waals surface area (Å²) in [7, 11) is 2.20. The van der Waals surface area contributed by atoms with Crippen LogP contribution < -0.4 is 10.6 Å². The highest BCUT2D eigenvalue weighted by Crippen LogP contribution is 2.19. The van der Waals surface area contributed by atoms with E-state index >= 15 is 0 Å². The van der Waals surface area contributed by atoms with Crippen LogP contribution in [0.4, 0.5) is 11.6 Å². The Hall–Kier alpha value is -1.36. The molecular formula is C14H25N5. The van der Waals surface area contributed by atoms with E-state index in [2.05, 4.69) is 39.5 Å². The van der Waals surface area contributed by atoms with Crippen molar-refractivity contribution >= 4 is 11.6 Å². The fraction of sp³-hybridized carbons (Fsp3) is 0.714. The van der Waals surface area contributed by atoms with Crippen molar-refractivity contribution in [1.82, 2.24) is 14.9 Å². The molecule has 2 heterocycles. The van der Waals surface area contributed by atoms with Crippen LogP contribution in [0.2, 0.25) is 0 Å². The van der Waals surface area contributed by atoms with Crippen molar-refractivity contribution in [2.24, 2.45) is 5.92 Å². The van der Waals surface area contributed by atoms with Crippen molar-refractivity contribution in [2.45, 2.75) is 26.2 Å². The molecule has 2 rings (SSSR count). The Morgan fingerprint density at radius 2 is 1.89 bits per heavy atom. The zero-order valence-electron chi connectivity index (χ0n) is 12.0. The second-order valence-corrected chi connectivity index (χ2v) is 5.28. The Morgan fingerprint density at radius 3 is 2.58 bits per heavy atom. The highest BCUT2D eigenvalue weighted by Gasteiger charge is 2.15. The maximum absolute atomic E-state index is 4.46. The molecular weight excluding hydrogens is 238 g/mol.